The highest BCUT2D eigenvalue weighted by molar-refractivity contribution is 6.32. The highest BCUT2D eigenvalue weighted by Gasteiger charge is 2.04. The van der Waals surface area contributed by atoms with Gasteiger partial charge in [0.05, 0.1) is 12.1 Å². The Morgan fingerprint density at radius 3 is 2.87 bits per heavy atom. The van der Waals surface area contributed by atoms with Crippen molar-refractivity contribution in [2.45, 2.75) is 6.92 Å². The number of urea groups is 1. The van der Waals surface area contributed by atoms with Crippen LogP contribution in [0, 0.1) is 0 Å². The minimum atomic E-state index is -0.248. The summed E-state index contributed by atoms with van der Waals surface area (Å²) in [7, 11) is 1.52. The fraction of sp³-hybridized carbons (Fsp3) is 0.300. The Morgan fingerprint density at radius 2 is 2.27 bits per heavy atom. The number of benzene rings is 1. The molecule has 1 rings (SSSR count). The number of rotatable bonds is 3. The molecule has 0 aliphatic rings. The Bertz CT molecular complexity index is 355. The van der Waals surface area contributed by atoms with E-state index in [4.69, 9.17) is 16.3 Å². The van der Waals surface area contributed by atoms with Crippen LogP contribution in [0.2, 0.25) is 5.02 Å². The number of amides is 2. The van der Waals surface area contributed by atoms with E-state index in [1.807, 2.05) is 6.92 Å². The average molecular weight is 229 g/mol. The van der Waals surface area contributed by atoms with Crippen LogP contribution in [0.3, 0.4) is 0 Å². The van der Waals surface area contributed by atoms with Gasteiger partial charge in [-0.2, -0.15) is 0 Å². The molecule has 0 aliphatic heterocycles. The molecule has 0 aliphatic carbocycles. The number of ether oxygens (including phenoxy) is 1. The molecule has 2 N–H and O–H groups in total. The molecule has 0 saturated carbocycles. The van der Waals surface area contributed by atoms with E-state index < -0.39 is 0 Å². The van der Waals surface area contributed by atoms with Crippen molar-refractivity contribution in [3.63, 3.8) is 0 Å². The summed E-state index contributed by atoms with van der Waals surface area (Å²) < 4.78 is 5.02. The molecule has 0 unspecified atom stereocenters. The first-order valence-electron chi connectivity index (χ1n) is 4.55. The monoisotopic (exact) mass is 228 g/mol. The van der Waals surface area contributed by atoms with E-state index in [9.17, 15) is 4.79 Å². The van der Waals surface area contributed by atoms with E-state index in [-0.39, 0.29) is 6.03 Å². The smallest absolute Gasteiger partial charge is 0.319 e. The van der Waals surface area contributed by atoms with E-state index in [0.717, 1.165) is 0 Å². The number of carbonyl (C=O) groups excluding carboxylic acids is 1. The van der Waals surface area contributed by atoms with Crippen molar-refractivity contribution in [2.75, 3.05) is 19.0 Å². The molecule has 0 fully saturated rings. The Kier molecular flexibility index (Phi) is 4.24. The molecule has 1 aromatic rings. The lowest BCUT2D eigenvalue weighted by molar-refractivity contribution is 0.252. The molecular weight excluding hydrogens is 216 g/mol. The number of hydrogen-bond donors (Lipinski definition) is 2. The summed E-state index contributed by atoms with van der Waals surface area (Å²) in [6.45, 7) is 2.43. The Labute approximate surface area is 93.6 Å². The average Bonchev–Trinajstić information content (AvgIpc) is 2.21. The molecule has 5 heteroatoms. The van der Waals surface area contributed by atoms with Crippen molar-refractivity contribution in [3.05, 3.63) is 23.2 Å². The zero-order chi connectivity index (χ0) is 11.3. The number of carbonyl (C=O) groups is 1. The molecule has 0 heterocycles. The number of methoxy groups -OCH3 is 1. The largest absolute Gasteiger partial charge is 0.495 e. The van der Waals surface area contributed by atoms with Gasteiger partial charge in [0.25, 0.3) is 0 Å². The lowest BCUT2D eigenvalue weighted by Crippen LogP contribution is -2.28. The maximum Gasteiger partial charge on any atom is 0.319 e. The molecule has 0 saturated heterocycles. The van der Waals surface area contributed by atoms with E-state index in [1.54, 1.807) is 18.2 Å². The maximum absolute atomic E-state index is 11.2. The first kappa shape index (κ1) is 11.7. The van der Waals surface area contributed by atoms with Gasteiger partial charge in [-0.1, -0.05) is 11.6 Å². The van der Waals surface area contributed by atoms with Crippen LogP contribution in [0.1, 0.15) is 6.92 Å². The summed E-state index contributed by atoms with van der Waals surface area (Å²) >= 11 is 5.84. The molecule has 0 atom stereocenters. The third-order valence-corrected chi connectivity index (χ3v) is 2.06. The summed E-state index contributed by atoms with van der Waals surface area (Å²) in [5, 5.41) is 5.79. The van der Waals surface area contributed by atoms with Gasteiger partial charge in [0.2, 0.25) is 0 Å². The molecule has 82 valence electrons. The minimum Gasteiger partial charge on any atom is -0.495 e. The molecule has 0 bridgehead atoms. The molecule has 0 aromatic heterocycles. The molecule has 2 amide bonds. The van der Waals surface area contributed by atoms with Crippen molar-refractivity contribution in [3.8, 4) is 5.75 Å². The molecule has 0 spiro atoms. The van der Waals surface area contributed by atoms with Crippen molar-refractivity contribution < 1.29 is 9.53 Å². The van der Waals surface area contributed by atoms with Crippen LogP contribution >= 0.6 is 11.6 Å². The molecule has 15 heavy (non-hydrogen) atoms. The SMILES string of the molecule is CCNC(=O)Nc1ccc(Cl)c(OC)c1. The van der Waals surface area contributed by atoms with Gasteiger partial charge in [-0.25, -0.2) is 4.79 Å². The van der Waals surface area contributed by atoms with Crippen LogP contribution in [-0.2, 0) is 0 Å². The van der Waals surface area contributed by atoms with Crippen molar-refractivity contribution in [1.82, 2.24) is 5.32 Å². The van der Waals surface area contributed by atoms with Crippen LogP contribution < -0.4 is 15.4 Å². The van der Waals surface area contributed by atoms with Gasteiger partial charge in [-0.3, -0.25) is 0 Å². The van der Waals surface area contributed by atoms with Crippen LogP contribution in [0.15, 0.2) is 18.2 Å². The summed E-state index contributed by atoms with van der Waals surface area (Å²) in [5.74, 6) is 0.533. The van der Waals surface area contributed by atoms with E-state index in [1.165, 1.54) is 7.11 Å². The number of hydrogen-bond acceptors (Lipinski definition) is 2. The Morgan fingerprint density at radius 1 is 1.53 bits per heavy atom. The Balaban J connectivity index is 2.74. The van der Waals surface area contributed by atoms with Crippen LogP contribution in [0.4, 0.5) is 10.5 Å². The number of nitrogens with one attached hydrogen (secondary N) is 2. The van der Waals surface area contributed by atoms with Crippen LogP contribution in [0.25, 0.3) is 0 Å². The molecule has 1 aromatic carbocycles. The van der Waals surface area contributed by atoms with Gasteiger partial charge in [0, 0.05) is 18.3 Å². The predicted molar refractivity (Wildman–Crippen MR) is 60.7 cm³/mol. The molecule has 0 radical (unpaired) electrons. The fourth-order valence-electron chi connectivity index (χ4n) is 1.07. The third kappa shape index (κ3) is 3.32. The van der Waals surface area contributed by atoms with Gasteiger partial charge in [-0.05, 0) is 19.1 Å². The van der Waals surface area contributed by atoms with Crippen molar-refractivity contribution >= 4 is 23.3 Å². The number of halogens is 1. The summed E-state index contributed by atoms with van der Waals surface area (Å²) in [4.78, 5) is 11.2. The zero-order valence-corrected chi connectivity index (χ0v) is 9.39. The summed E-state index contributed by atoms with van der Waals surface area (Å²) in [6.07, 6.45) is 0. The fourth-order valence-corrected chi connectivity index (χ4v) is 1.27. The first-order valence-corrected chi connectivity index (χ1v) is 4.93. The number of anilines is 1. The van der Waals surface area contributed by atoms with Gasteiger partial charge in [0.1, 0.15) is 5.75 Å². The van der Waals surface area contributed by atoms with Gasteiger partial charge in [0.15, 0.2) is 0 Å². The minimum absolute atomic E-state index is 0.248. The second kappa shape index (κ2) is 5.46. The molecule has 4 nitrogen and oxygen atoms in total. The highest BCUT2D eigenvalue weighted by atomic mass is 35.5. The van der Waals surface area contributed by atoms with E-state index >= 15 is 0 Å². The van der Waals surface area contributed by atoms with Gasteiger partial charge >= 0.3 is 6.03 Å². The van der Waals surface area contributed by atoms with Crippen molar-refractivity contribution in [2.24, 2.45) is 0 Å². The van der Waals surface area contributed by atoms with E-state index in [0.29, 0.717) is 23.0 Å². The normalized spacial score (nSPS) is 9.53. The topological polar surface area (TPSA) is 50.4 Å². The summed E-state index contributed by atoms with van der Waals surface area (Å²) in [6, 6.07) is 4.79. The lowest BCUT2D eigenvalue weighted by Gasteiger charge is -2.08. The Hall–Kier alpha value is -1.42. The van der Waals surface area contributed by atoms with E-state index in [2.05, 4.69) is 10.6 Å². The third-order valence-electron chi connectivity index (χ3n) is 1.75. The van der Waals surface area contributed by atoms with Crippen molar-refractivity contribution in [1.29, 1.82) is 0 Å². The standard InChI is InChI=1S/C10H13ClN2O2/c1-3-12-10(14)13-7-4-5-8(11)9(6-7)15-2/h4-6H,3H2,1-2H3,(H2,12,13,14). The summed E-state index contributed by atoms with van der Waals surface area (Å²) in [5.41, 5.74) is 0.641. The van der Waals surface area contributed by atoms with Gasteiger partial charge in [-0.15, -0.1) is 0 Å². The van der Waals surface area contributed by atoms with Crippen LogP contribution in [0.5, 0.6) is 5.75 Å². The predicted octanol–water partition coefficient (Wildman–Crippen LogP) is 2.49. The zero-order valence-electron chi connectivity index (χ0n) is 8.63. The highest BCUT2D eigenvalue weighted by Crippen LogP contribution is 2.27. The first-order chi connectivity index (χ1) is 7.17. The second-order valence-corrected chi connectivity index (χ2v) is 3.24. The van der Waals surface area contributed by atoms with Crippen LogP contribution in [-0.4, -0.2) is 19.7 Å². The maximum atomic E-state index is 11.2. The molecular formula is C10H13ClN2O2. The quantitative estimate of drug-likeness (QED) is 0.835. The lowest BCUT2D eigenvalue weighted by atomic mass is 10.3. The van der Waals surface area contributed by atoms with Gasteiger partial charge < -0.3 is 15.4 Å². The second-order valence-electron chi connectivity index (χ2n) is 2.83.